The molecular weight excluding hydrogens is 692 g/mol. The number of alkyl carbamates (subject to hydrolysis) is 1. The molecule has 1 fully saturated rings. The second kappa shape index (κ2) is 15.5. The number of hydrogen-bond donors (Lipinski definition) is 3. The van der Waals surface area contributed by atoms with E-state index in [0.717, 1.165) is 35.9 Å². The van der Waals surface area contributed by atoms with Gasteiger partial charge in [-0.25, -0.2) is 22.9 Å². The molecule has 0 radical (unpaired) electrons. The number of nitrogens with one attached hydrogen (secondary N) is 2. The Balaban J connectivity index is 1.79. The second-order valence-electron chi connectivity index (χ2n) is 16.1. The van der Waals surface area contributed by atoms with E-state index in [4.69, 9.17) is 9.16 Å². The quantitative estimate of drug-likeness (QED) is 0.180. The summed E-state index contributed by atoms with van der Waals surface area (Å²) in [5.74, 6) is -4.12. The SMILES string of the molecule is C=NC1=C(/C(=C(\C)NC(=O)c2ccc(F)c(-c3c(F)cccc3F)n2)N2C[C@H](C)[C@@H](O)[C@H](NC(=O)OC(C)(C)C)C2)CCC1O[Si](C)(C)C(C)(C)C. The number of piperidine rings is 1. The lowest BCUT2D eigenvalue weighted by atomic mass is 9.90. The number of aliphatic hydroxyl groups is 1. The number of rotatable bonds is 9. The van der Waals surface area contributed by atoms with Crippen molar-refractivity contribution in [2.24, 2.45) is 10.9 Å². The number of likely N-dealkylation sites (tertiary alicyclic amines) is 1. The van der Waals surface area contributed by atoms with Gasteiger partial charge in [0, 0.05) is 30.3 Å². The molecule has 2 aromatic rings. The topological polar surface area (TPSA) is 125 Å². The highest BCUT2D eigenvalue weighted by Crippen LogP contribution is 2.43. The zero-order valence-corrected chi connectivity index (χ0v) is 32.8. The summed E-state index contributed by atoms with van der Waals surface area (Å²) >= 11 is 0. The Morgan fingerprint density at radius 1 is 1.04 bits per heavy atom. The van der Waals surface area contributed by atoms with Crippen LogP contribution in [0.1, 0.15) is 78.7 Å². The lowest BCUT2D eigenvalue weighted by Gasteiger charge is -2.43. The molecule has 0 bridgehead atoms. The van der Waals surface area contributed by atoms with Crippen molar-refractivity contribution >= 4 is 27.0 Å². The molecule has 3 N–H and O–H groups in total. The van der Waals surface area contributed by atoms with Gasteiger partial charge in [-0.3, -0.25) is 9.79 Å². The van der Waals surface area contributed by atoms with E-state index < -0.39 is 66.8 Å². The summed E-state index contributed by atoms with van der Waals surface area (Å²) in [5.41, 5.74) is 0.0169. The van der Waals surface area contributed by atoms with E-state index in [2.05, 4.69) is 61.2 Å². The third-order valence-electron chi connectivity index (χ3n) is 9.84. The first kappa shape index (κ1) is 40.8. The van der Waals surface area contributed by atoms with Crippen LogP contribution in [0.25, 0.3) is 11.3 Å². The summed E-state index contributed by atoms with van der Waals surface area (Å²) in [7, 11) is -2.25. The maximum absolute atomic E-state index is 14.9. The fourth-order valence-electron chi connectivity index (χ4n) is 6.28. The minimum atomic E-state index is -2.25. The van der Waals surface area contributed by atoms with Crippen molar-refractivity contribution in [3.8, 4) is 11.3 Å². The molecule has 1 saturated heterocycles. The summed E-state index contributed by atoms with van der Waals surface area (Å²) in [6, 6.07) is 4.44. The summed E-state index contributed by atoms with van der Waals surface area (Å²) < 4.78 is 56.4. The van der Waals surface area contributed by atoms with Gasteiger partial charge in [0.15, 0.2) is 8.32 Å². The molecule has 1 aromatic heterocycles. The average Bonchev–Trinajstić information content (AvgIpc) is 3.39. The summed E-state index contributed by atoms with van der Waals surface area (Å²) in [4.78, 5) is 37.1. The molecule has 1 aliphatic carbocycles. The lowest BCUT2D eigenvalue weighted by Crippen LogP contribution is -2.59. The fraction of sp³-hybridized carbons (Fsp3) is 0.526. The van der Waals surface area contributed by atoms with Crippen LogP contribution in [0.15, 0.2) is 58.0 Å². The number of nitrogens with zero attached hydrogens (tertiary/aromatic N) is 3. The molecule has 0 spiro atoms. The predicted octanol–water partition coefficient (Wildman–Crippen LogP) is 7.47. The second-order valence-corrected chi connectivity index (χ2v) is 20.9. The van der Waals surface area contributed by atoms with Crippen molar-refractivity contribution in [3.63, 3.8) is 0 Å². The third-order valence-corrected chi connectivity index (χ3v) is 14.3. The molecule has 2 heterocycles. The predicted molar refractivity (Wildman–Crippen MR) is 197 cm³/mol. The van der Waals surface area contributed by atoms with Gasteiger partial charge in [0.1, 0.15) is 34.4 Å². The van der Waals surface area contributed by atoms with E-state index in [1.165, 1.54) is 0 Å². The zero-order chi connectivity index (χ0) is 38.9. The molecule has 2 amide bonds. The number of carbonyl (C=O) groups is 2. The van der Waals surface area contributed by atoms with Crippen molar-refractivity contribution in [1.29, 1.82) is 0 Å². The first-order chi connectivity index (χ1) is 24.0. The largest absolute Gasteiger partial charge is 0.444 e. The molecule has 1 aliphatic heterocycles. The van der Waals surface area contributed by atoms with Crippen LogP contribution < -0.4 is 10.6 Å². The molecule has 14 heteroatoms. The smallest absolute Gasteiger partial charge is 0.408 e. The maximum atomic E-state index is 14.9. The van der Waals surface area contributed by atoms with Crippen LogP contribution in [0, 0.1) is 23.4 Å². The summed E-state index contributed by atoms with van der Waals surface area (Å²) in [5, 5.41) is 16.8. The normalized spacial score (nSPS) is 21.8. The number of allylic oxidation sites excluding steroid dienone is 2. The number of carbonyl (C=O) groups excluding carboxylic acids is 2. The molecule has 52 heavy (non-hydrogen) atoms. The van der Waals surface area contributed by atoms with Crippen molar-refractivity contribution in [2.75, 3.05) is 13.1 Å². The van der Waals surface area contributed by atoms with Crippen molar-refractivity contribution in [2.45, 2.75) is 110 Å². The van der Waals surface area contributed by atoms with Crippen LogP contribution in [-0.4, -0.2) is 79.0 Å². The molecule has 1 unspecified atom stereocenters. The fourth-order valence-corrected chi connectivity index (χ4v) is 7.57. The highest BCUT2D eigenvalue weighted by molar-refractivity contribution is 6.74. The lowest BCUT2D eigenvalue weighted by molar-refractivity contribution is 0.00416. The number of pyridine rings is 1. The number of ether oxygens (including phenoxy) is 1. The zero-order valence-electron chi connectivity index (χ0n) is 31.8. The van der Waals surface area contributed by atoms with Crippen LogP contribution in [0.2, 0.25) is 18.1 Å². The summed E-state index contributed by atoms with van der Waals surface area (Å²) in [6.07, 6.45) is -0.790. The van der Waals surface area contributed by atoms with Gasteiger partial charge < -0.3 is 29.8 Å². The van der Waals surface area contributed by atoms with Crippen LogP contribution >= 0.6 is 0 Å². The van der Waals surface area contributed by atoms with Crippen LogP contribution in [0.5, 0.6) is 0 Å². The van der Waals surface area contributed by atoms with Crippen molar-refractivity contribution in [3.05, 3.63) is 76.1 Å². The molecule has 4 atom stereocenters. The number of benzene rings is 1. The molecule has 284 valence electrons. The van der Waals surface area contributed by atoms with Gasteiger partial charge in [-0.15, -0.1) is 0 Å². The number of aromatic nitrogens is 1. The molecule has 4 rings (SSSR count). The number of aliphatic hydroxyl groups excluding tert-OH is 1. The van der Waals surface area contributed by atoms with E-state index in [9.17, 15) is 27.9 Å². The molecule has 1 aromatic carbocycles. The van der Waals surface area contributed by atoms with Gasteiger partial charge in [0.05, 0.1) is 35.2 Å². The van der Waals surface area contributed by atoms with E-state index >= 15 is 0 Å². The number of aliphatic imine (C=N–C) groups is 1. The van der Waals surface area contributed by atoms with Gasteiger partial charge in [-0.2, -0.15) is 0 Å². The molecule has 10 nitrogen and oxygen atoms in total. The van der Waals surface area contributed by atoms with E-state index in [-0.39, 0.29) is 29.3 Å². The summed E-state index contributed by atoms with van der Waals surface area (Å²) in [6.45, 7) is 23.9. The first-order valence-corrected chi connectivity index (χ1v) is 20.4. The minimum Gasteiger partial charge on any atom is -0.444 e. The standard InChI is InChI=1S/C38H52F3N5O5Si/c1-21-19-46(20-28(34(21)47)45-36(49)50-37(3,4)5)33(23-15-18-29(31(23)42-9)51-52(10,11)38(6,7)8)22(2)43-35(48)27-17-16-26(41)32(44-27)30-24(39)13-12-14-25(30)40/h12-14,16-17,21,28-29,34,47H,9,15,18-20H2,1-8,10-11H3,(H,43,48)(H,45,49)/b33-22-/t21-,28+,29?,34+/m0/s1. The van der Waals surface area contributed by atoms with E-state index in [1.807, 2.05) is 11.8 Å². The van der Waals surface area contributed by atoms with Crippen molar-refractivity contribution in [1.82, 2.24) is 20.5 Å². The maximum Gasteiger partial charge on any atom is 0.408 e. The van der Waals surface area contributed by atoms with Crippen LogP contribution in [0.4, 0.5) is 18.0 Å². The van der Waals surface area contributed by atoms with Gasteiger partial charge in [-0.1, -0.05) is 33.8 Å². The van der Waals surface area contributed by atoms with E-state index in [0.29, 0.717) is 36.5 Å². The van der Waals surface area contributed by atoms with Crippen LogP contribution in [-0.2, 0) is 9.16 Å². The molecule has 2 aliphatic rings. The van der Waals surface area contributed by atoms with Gasteiger partial charge in [-0.05, 0) is 89.7 Å². The Morgan fingerprint density at radius 2 is 1.67 bits per heavy atom. The first-order valence-electron chi connectivity index (χ1n) is 17.5. The third kappa shape index (κ3) is 9.13. The Hall–Kier alpha value is -4.01. The minimum absolute atomic E-state index is 0.0732. The number of halogens is 3. The number of hydrogen-bond acceptors (Lipinski definition) is 8. The molecular formula is C38H52F3N5O5Si. The Bertz CT molecular complexity index is 1750. The van der Waals surface area contributed by atoms with Gasteiger partial charge in [0.25, 0.3) is 5.91 Å². The van der Waals surface area contributed by atoms with Gasteiger partial charge >= 0.3 is 6.09 Å². The van der Waals surface area contributed by atoms with E-state index in [1.54, 1.807) is 27.7 Å². The Kier molecular flexibility index (Phi) is 12.2. The monoisotopic (exact) mass is 743 g/mol. The average molecular weight is 744 g/mol. The highest BCUT2D eigenvalue weighted by Gasteiger charge is 2.43. The highest BCUT2D eigenvalue weighted by atomic mass is 28.4. The van der Waals surface area contributed by atoms with Gasteiger partial charge in [0.2, 0.25) is 0 Å². The Labute approximate surface area is 305 Å². The Morgan fingerprint density at radius 3 is 2.25 bits per heavy atom. The molecule has 0 saturated carbocycles. The van der Waals surface area contributed by atoms with Crippen LogP contribution in [0.3, 0.4) is 0 Å². The van der Waals surface area contributed by atoms with Crippen molar-refractivity contribution < 1.29 is 37.0 Å². The number of amides is 2.